The fraction of sp³-hybridized carbons (Fsp3) is 0.273. The maximum atomic E-state index is 13.9. The molecule has 1 fully saturated rings. The highest BCUT2D eigenvalue weighted by Crippen LogP contribution is 2.29. The number of aliphatic hydroxyl groups excluding tert-OH is 1. The highest BCUT2D eigenvalue weighted by atomic mass is 35.5. The van der Waals surface area contributed by atoms with E-state index in [2.05, 4.69) is 5.16 Å². The van der Waals surface area contributed by atoms with Gasteiger partial charge in [-0.1, -0.05) is 41.0 Å². The van der Waals surface area contributed by atoms with Gasteiger partial charge in [-0.15, -0.1) is 0 Å². The Labute approximate surface area is 177 Å². The second kappa shape index (κ2) is 8.85. The fourth-order valence-corrected chi connectivity index (χ4v) is 3.66. The van der Waals surface area contributed by atoms with Crippen LogP contribution in [-0.4, -0.2) is 46.4 Å². The van der Waals surface area contributed by atoms with Gasteiger partial charge >= 0.3 is 0 Å². The number of aromatic nitrogens is 1. The number of nitrogens with zero attached hydrogens (tertiary/aromatic N) is 2. The highest BCUT2D eigenvalue weighted by Gasteiger charge is 2.30. The van der Waals surface area contributed by atoms with Crippen molar-refractivity contribution in [2.75, 3.05) is 13.1 Å². The molecule has 2 heterocycles. The first-order valence-electron chi connectivity index (χ1n) is 9.63. The second-order valence-electron chi connectivity index (χ2n) is 7.08. The van der Waals surface area contributed by atoms with E-state index in [0.717, 1.165) is 0 Å². The monoisotopic (exact) mass is 430 g/mol. The molecule has 0 saturated carbocycles. The zero-order valence-electron chi connectivity index (χ0n) is 16.0. The molecule has 4 rings (SSSR count). The number of carbonyl (C=O) groups excluding carboxylic acids is 1. The maximum Gasteiger partial charge on any atom is 0.276 e. The van der Waals surface area contributed by atoms with Gasteiger partial charge in [-0.3, -0.25) is 4.79 Å². The molecule has 0 spiro atoms. The van der Waals surface area contributed by atoms with Gasteiger partial charge in [-0.05, 0) is 30.7 Å². The van der Waals surface area contributed by atoms with Gasteiger partial charge in [0.15, 0.2) is 23.0 Å². The van der Waals surface area contributed by atoms with E-state index in [1.807, 2.05) is 6.07 Å². The number of hydrogen-bond donors (Lipinski definition) is 1. The van der Waals surface area contributed by atoms with Crippen molar-refractivity contribution >= 4 is 17.5 Å². The SMILES string of the molecule is O=C(c1cc(-c2ccccc2Cl)on1)N1CC[C@H](Oc2ccccc2F)[C@@H](O)CC1. The van der Waals surface area contributed by atoms with Gasteiger partial charge in [-0.2, -0.15) is 0 Å². The first-order chi connectivity index (χ1) is 14.5. The average molecular weight is 431 g/mol. The number of aliphatic hydroxyl groups is 1. The lowest BCUT2D eigenvalue weighted by molar-refractivity contribution is 0.0328. The quantitative estimate of drug-likeness (QED) is 0.672. The summed E-state index contributed by atoms with van der Waals surface area (Å²) in [5.74, 6) is -0.311. The van der Waals surface area contributed by atoms with Crippen molar-refractivity contribution in [3.8, 4) is 17.1 Å². The van der Waals surface area contributed by atoms with Crippen molar-refractivity contribution in [2.24, 2.45) is 0 Å². The Morgan fingerprint density at radius 3 is 2.70 bits per heavy atom. The summed E-state index contributed by atoms with van der Waals surface area (Å²) in [4.78, 5) is 14.5. The fourth-order valence-electron chi connectivity index (χ4n) is 3.43. The molecule has 1 saturated heterocycles. The van der Waals surface area contributed by atoms with Gasteiger partial charge in [-0.25, -0.2) is 4.39 Å². The smallest absolute Gasteiger partial charge is 0.276 e. The van der Waals surface area contributed by atoms with Crippen molar-refractivity contribution in [3.63, 3.8) is 0 Å². The number of hydrogen-bond acceptors (Lipinski definition) is 5. The first-order valence-corrected chi connectivity index (χ1v) is 10.0. The van der Waals surface area contributed by atoms with E-state index in [-0.39, 0.29) is 17.4 Å². The summed E-state index contributed by atoms with van der Waals surface area (Å²) in [7, 11) is 0. The zero-order valence-corrected chi connectivity index (χ0v) is 16.8. The molecule has 1 aliphatic heterocycles. The summed E-state index contributed by atoms with van der Waals surface area (Å²) in [6.07, 6.45) is -0.773. The molecule has 1 aromatic heterocycles. The summed E-state index contributed by atoms with van der Waals surface area (Å²) in [6.45, 7) is 0.661. The van der Waals surface area contributed by atoms with Gasteiger partial charge in [0.25, 0.3) is 5.91 Å². The van der Waals surface area contributed by atoms with Crippen LogP contribution in [0.25, 0.3) is 11.3 Å². The Hall–Kier alpha value is -2.90. The molecule has 30 heavy (non-hydrogen) atoms. The largest absolute Gasteiger partial charge is 0.485 e. The van der Waals surface area contributed by atoms with Crippen LogP contribution in [0.1, 0.15) is 23.3 Å². The van der Waals surface area contributed by atoms with Crippen LogP contribution in [0.4, 0.5) is 4.39 Å². The van der Waals surface area contributed by atoms with Crippen molar-refractivity contribution in [1.82, 2.24) is 10.1 Å². The minimum absolute atomic E-state index is 0.0854. The van der Waals surface area contributed by atoms with E-state index >= 15 is 0 Å². The van der Waals surface area contributed by atoms with E-state index in [9.17, 15) is 14.3 Å². The molecule has 6 nitrogen and oxygen atoms in total. The molecule has 1 N–H and O–H groups in total. The predicted molar refractivity (Wildman–Crippen MR) is 109 cm³/mol. The van der Waals surface area contributed by atoms with E-state index in [4.69, 9.17) is 20.9 Å². The molecule has 0 unspecified atom stereocenters. The maximum absolute atomic E-state index is 13.9. The summed E-state index contributed by atoms with van der Waals surface area (Å²) in [5.41, 5.74) is 0.809. The number of rotatable bonds is 4. The molecular weight excluding hydrogens is 411 g/mol. The van der Waals surface area contributed by atoms with Crippen LogP contribution in [0.5, 0.6) is 5.75 Å². The van der Waals surface area contributed by atoms with E-state index in [0.29, 0.717) is 42.3 Å². The van der Waals surface area contributed by atoms with Crippen LogP contribution in [0.15, 0.2) is 59.1 Å². The summed E-state index contributed by atoms with van der Waals surface area (Å²) in [6, 6.07) is 14.7. The van der Waals surface area contributed by atoms with Gasteiger partial charge in [0.1, 0.15) is 6.10 Å². The Morgan fingerprint density at radius 1 is 1.17 bits per heavy atom. The standard InChI is InChI=1S/C22H20ClFN2O4/c23-15-6-2-1-5-14(15)21-13-17(25-30-21)22(28)26-11-9-18(27)20(10-12-26)29-19-8-4-3-7-16(19)24/h1-8,13,18,20,27H,9-12H2/t18-,20-/m0/s1. The zero-order chi connectivity index (χ0) is 21.1. The average Bonchev–Trinajstić information content (AvgIpc) is 3.16. The summed E-state index contributed by atoms with van der Waals surface area (Å²) >= 11 is 6.18. The molecule has 0 bridgehead atoms. The number of halogens is 2. The Kier molecular flexibility index (Phi) is 6.01. The normalized spacial score (nSPS) is 19.4. The minimum atomic E-state index is -0.821. The molecule has 2 atom stereocenters. The molecule has 0 radical (unpaired) electrons. The lowest BCUT2D eigenvalue weighted by atomic mass is 10.1. The summed E-state index contributed by atoms with van der Waals surface area (Å²) < 4.78 is 24.9. The van der Waals surface area contributed by atoms with Gasteiger partial charge < -0.3 is 19.3 Å². The molecule has 3 aromatic rings. The first kappa shape index (κ1) is 20.4. The van der Waals surface area contributed by atoms with Crippen molar-refractivity contribution in [2.45, 2.75) is 25.0 Å². The van der Waals surface area contributed by atoms with Crippen molar-refractivity contribution < 1.29 is 23.6 Å². The number of carbonyl (C=O) groups is 1. The molecule has 1 aliphatic rings. The lowest BCUT2D eigenvalue weighted by Gasteiger charge is -2.21. The number of para-hydroxylation sites is 1. The van der Waals surface area contributed by atoms with Gasteiger partial charge in [0, 0.05) is 31.1 Å². The number of benzene rings is 2. The van der Waals surface area contributed by atoms with Crippen molar-refractivity contribution in [3.05, 3.63) is 71.1 Å². The second-order valence-corrected chi connectivity index (χ2v) is 7.49. The van der Waals surface area contributed by atoms with Crippen LogP contribution in [0.3, 0.4) is 0 Å². The van der Waals surface area contributed by atoms with Gasteiger partial charge in [0.2, 0.25) is 0 Å². The summed E-state index contributed by atoms with van der Waals surface area (Å²) in [5, 5.41) is 14.8. The molecule has 0 aliphatic carbocycles. The molecular formula is C22H20ClFN2O4. The minimum Gasteiger partial charge on any atom is -0.485 e. The third-order valence-electron chi connectivity index (χ3n) is 5.08. The Bertz CT molecular complexity index is 1040. The van der Waals surface area contributed by atoms with Crippen LogP contribution in [0, 0.1) is 5.82 Å². The van der Waals surface area contributed by atoms with Crippen LogP contribution in [0.2, 0.25) is 5.02 Å². The number of ether oxygens (including phenoxy) is 1. The molecule has 2 aromatic carbocycles. The highest BCUT2D eigenvalue weighted by molar-refractivity contribution is 6.33. The van der Waals surface area contributed by atoms with E-state index < -0.39 is 18.0 Å². The lowest BCUT2D eigenvalue weighted by Crippen LogP contribution is -2.33. The van der Waals surface area contributed by atoms with Crippen LogP contribution < -0.4 is 4.74 Å². The Balaban J connectivity index is 1.45. The molecule has 1 amide bonds. The van der Waals surface area contributed by atoms with Crippen LogP contribution >= 0.6 is 11.6 Å². The number of likely N-dealkylation sites (tertiary alicyclic amines) is 1. The topological polar surface area (TPSA) is 75.8 Å². The van der Waals surface area contributed by atoms with Crippen molar-refractivity contribution in [1.29, 1.82) is 0 Å². The van der Waals surface area contributed by atoms with Crippen LogP contribution in [-0.2, 0) is 0 Å². The Morgan fingerprint density at radius 2 is 1.90 bits per heavy atom. The van der Waals surface area contributed by atoms with E-state index in [1.165, 1.54) is 12.1 Å². The molecule has 156 valence electrons. The third kappa shape index (κ3) is 4.32. The number of amides is 1. The third-order valence-corrected chi connectivity index (χ3v) is 5.41. The van der Waals surface area contributed by atoms with Gasteiger partial charge in [0.05, 0.1) is 11.1 Å². The molecule has 8 heteroatoms. The predicted octanol–water partition coefficient (Wildman–Crippen LogP) is 4.18. The van der Waals surface area contributed by atoms with E-state index in [1.54, 1.807) is 41.3 Å².